The summed E-state index contributed by atoms with van der Waals surface area (Å²) in [6.45, 7) is 19.6. The van der Waals surface area contributed by atoms with Crippen molar-refractivity contribution < 1.29 is 19.1 Å². The molecular weight excluding hydrogens is 466 g/mol. The number of carbonyl (C=O) groups is 2. The van der Waals surface area contributed by atoms with Crippen molar-refractivity contribution in [2.75, 3.05) is 0 Å². The molecule has 0 N–H and O–H groups in total. The van der Waals surface area contributed by atoms with Crippen LogP contribution in [-0.4, -0.2) is 30.0 Å². The Morgan fingerprint density at radius 3 is 1.75 bits per heavy atom. The van der Waals surface area contributed by atoms with E-state index >= 15 is 0 Å². The Morgan fingerprint density at radius 2 is 1.31 bits per heavy atom. The van der Waals surface area contributed by atoms with Crippen LogP contribution in [0, 0.1) is 0 Å². The smallest absolute Gasteiger partial charge is 0.331 e. The molecule has 196 valence electrons. The second-order valence-electron chi connectivity index (χ2n) is 11.2. The van der Waals surface area contributed by atoms with E-state index in [2.05, 4.69) is 58.2 Å². The molecule has 0 aliphatic rings. The molecule has 1 heterocycles. The Bertz CT molecular complexity index is 1050. The first-order valence-electron chi connectivity index (χ1n) is 12.8. The molecule has 0 fully saturated rings. The van der Waals surface area contributed by atoms with Crippen LogP contribution < -0.4 is 0 Å². The predicted molar refractivity (Wildman–Crippen MR) is 151 cm³/mol. The molecule has 2 aromatic rings. The van der Waals surface area contributed by atoms with E-state index in [9.17, 15) is 9.59 Å². The zero-order chi connectivity index (χ0) is 27.1. The van der Waals surface area contributed by atoms with Gasteiger partial charge in [-0.25, -0.2) is 9.59 Å². The Balaban J connectivity index is 2.42. The Morgan fingerprint density at radius 1 is 0.833 bits per heavy atom. The molecule has 0 aliphatic carbocycles. The third-order valence-corrected chi connectivity index (χ3v) is 13.2. The number of nitrogens with zero attached hydrogens (tertiary/aromatic N) is 1. The number of ether oxygens (including phenoxy) is 2. The van der Waals surface area contributed by atoms with Gasteiger partial charge in [-0.2, -0.15) is 0 Å². The summed E-state index contributed by atoms with van der Waals surface area (Å²) in [5, 5.41) is 0. The lowest BCUT2D eigenvalue weighted by Crippen LogP contribution is -2.51. The van der Waals surface area contributed by atoms with Gasteiger partial charge in [-0.15, -0.1) is 0 Å². The lowest BCUT2D eigenvalue weighted by molar-refractivity contribution is -0.148. The van der Waals surface area contributed by atoms with Crippen molar-refractivity contribution >= 4 is 32.3 Å². The maximum Gasteiger partial charge on any atom is 0.331 e. The van der Waals surface area contributed by atoms with E-state index in [4.69, 9.17) is 9.47 Å². The minimum Gasteiger partial charge on any atom is -0.458 e. The van der Waals surface area contributed by atoms with Gasteiger partial charge in [-0.05, 0) is 66.2 Å². The van der Waals surface area contributed by atoms with E-state index in [0.717, 1.165) is 16.7 Å². The molecule has 0 spiro atoms. The van der Waals surface area contributed by atoms with Crippen LogP contribution in [0.4, 0.5) is 0 Å². The molecule has 1 aromatic carbocycles. The number of carbonyl (C=O) groups excluding carboxylic acids is 2. The van der Waals surface area contributed by atoms with Crippen molar-refractivity contribution in [1.82, 2.24) is 4.23 Å². The summed E-state index contributed by atoms with van der Waals surface area (Å²) in [4.78, 5) is 24.8. The molecule has 0 radical (unpaired) electrons. The van der Waals surface area contributed by atoms with E-state index in [-0.39, 0.29) is 6.61 Å². The lowest BCUT2D eigenvalue weighted by atomic mass is 10.1. The zero-order valence-corrected chi connectivity index (χ0v) is 24.4. The summed E-state index contributed by atoms with van der Waals surface area (Å²) in [5.41, 5.74) is 3.61. The molecule has 0 saturated carbocycles. The molecule has 0 saturated heterocycles. The van der Waals surface area contributed by atoms with Gasteiger partial charge in [0.2, 0.25) is 0 Å². The van der Waals surface area contributed by atoms with Gasteiger partial charge in [0, 0.05) is 24.5 Å². The summed E-state index contributed by atoms with van der Waals surface area (Å²) in [6, 6.07) is 9.60. The fourth-order valence-corrected chi connectivity index (χ4v) is 11.8. The van der Waals surface area contributed by atoms with Crippen LogP contribution in [0.2, 0.25) is 16.6 Å². The molecule has 6 heteroatoms. The number of hydrogen-bond acceptors (Lipinski definition) is 4. The van der Waals surface area contributed by atoms with Crippen LogP contribution in [0.1, 0.15) is 79.0 Å². The molecule has 2 rings (SSSR count). The third kappa shape index (κ3) is 7.57. The highest BCUT2D eigenvalue weighted by Crippen LogP contribution is 2.43. The van der Waals surface area contributed by atoms with Crippen molar-refractivity contribution in [1.29, 1.82) is 0 Å². The average molecular weight is 510 g/mol. The Hall–Kier alpha value is -2.86. The van der Waals surface area contributed by atoms with Gasteiger partial charge in [0.15, 0.2) is 8.24 Å². The number of rotatable bonds is 10. The lowest BCUT2D eigenvalue weighted by Gasteiger charge is -2.44. The molecule has 0 aliphatic heterocycles. The van der Waals surface area contributed by atoms with Gasteiger partial charge in [-0.3, -0.25) is 0 Å². The molecule has 0 amide bonds. The van der Waals surface area contributed by atoms with Crippen molar-refractivity contribution in [3.05, 3.63) is 71.6 Å². The maximum atomic E-state index is 12.5. The van der Waals surface area contributed by atoms with Crippen molar-refractivity contribution in [3.63, 3.8) is 0 Å². The zero-order valence-electron chi connectivity index (χ0n) is 23.4. The Labute approximate surface area is 218 Å². The van der Waals surface area contributed by atoms with Crippen LogP contribution in [-0.2, 0) is 25.7 Å². The van der Waals surface area contributed by atoms with Crippen LogP contribution >= 0.6 is 0 Å². The first kappa shape index (κ1) is 29.4. The fraction of sp³-hybridized carbons (Fsp3) is 0.467. The van der Waals surface area contributed by atoms with Crippen molar-refractivity contribution in [3.8, 4) is 0 Å². The molecule has 5 nitrogen and oxygen atoms in total. The summed E-state index contributed by atoms with van der Waals surface area (Å²) >= 11 is 0. The molecule has 36 heavy (non-hydrogen) atoms. The third-order valence-electron chi connectivity index (χ3n) is 6.54. The van der Waals surface area contributed by atoms with E-state index in [0.29, 0.717) is 16.6 Å². The monoisotopic (exact) mass is 509 g/mol. The number of benzene rings is 1. The molecule has 0 unspecified atom stereocenters. The van der Waals surface area contributed by atoms with Gasteiger partial charge in [-0.1, -0.05) is 71.9 Å². The highest BCUT2D eigenvalue weighted by atomic mass is 28.3. The SMILES string of the molecule is CC(C)[Si](C(C)C)(C(C)C)n1cc(/C=C/C(=O)OCc2ccccc2)c(/C=C/C(=O)OC(C)(C)C)c1. The summed E-state index contributed by atoms with van der Waals surface area (Å²) in [5.74, 6) is -0.804. The fourth-order valence-electron chi connectivity index (χ4n) is 5.31. The predicted octanol–water partition coefficient (Wildman–Crippen LogP) is 7.62. The van der Waals surface area contributed by atoms with Gasteiger partial charge in [0.05, 0.1) is 0 Å². The number of aromatic nitrogens is 1. The highest BCUT2D eigenvalue weighted by molar-refractivity contribution is 6.82. The number of esters is 2. The summed E-state index contributed by atoms with van der Waals surface area (Å²) in [7, 11) is -2.01. The van der Waals surface area contributed by atoms with Gasteiger partial charge in [0.25, 0.3) is 0 Å². The van der Waals surface area contributed by atoms with Crippen molar-refractivity contribution in [2.45, 2.75) is 91.1 Å². The first-order valence-corrected chi connectivity index (χ1v) is 15.0. The second kappa shape index (κ2) is 12.4. The maximum absolute atomic E-state index is 12.5. The summed E-state index contributed by atoms with van der Waals surface area (Å²) in [6.07, 6.45) is 10.7. The van der Waals surface area contributed by atoms with Crippen LogP contribution in [0.15, 0.2) is 54.9 Å². The minimum absolute atomic E-state index is 0.223. The quantitative estimate of drug-likeness (QED) is 0.188. The van der Waals surface area contributed by atoms with E-state index in [1.165, 1.54) is 12.2 Å². The topological polar surface area (TPSA) is 57.5 Å². The van der Waals surface area contributed by atoms with Crippen LogP contribution in [0.3, 0.4) is 0 Å². The van der Waals surface area contributed by atoms with E-state index in [1.54, 1.807) is 12.2 Å². The normalized spacial score (nSPS) is 12.9. The first-order chi connectivity index (χ1) is 16.8. The second-order valence-corrected chi connectivity index (χ2v) is 17.0. The molecule has 0 bridgehead atoms. The largest absolute Gasteiger partial charge is 0.458 e. The van der Waals surface area contributed by atoms with Crippen molar-refractivity contribution in [2.24, 2.45) is 0 Å². The van der Waals surface area contributed by atoms with Gasteiger partial charge < -0.3 is 13.7 Å². The van der Waals surface area contributed by atoms with Gasteiger partial charge in [0.1, 0.15) is 12.2 Å². The van der Waals surface area contributed by atoms with Crippen LogP contribution in [0.25, 0.3) is 12.2 Å². The van der Waals surface area contributed by atoms with Gasteiger partial charge >= 0.3 is 11.9 Å². The highest BCUT2D eigenvalue weighted by Gasteiger charge is 2.45. The standard InChI is InChI=1S/C30H43NO4Si/c1-22(2)36(23(3)4,24(5)6)31-19-26(27(20-31)16-18-29(33)35-30(7,8)9)15-17-28(32)34-21-25-13-11-10-12-14-25/h10-20,22-24H,21H2,1-9H3/b17-15+,18-16+. The summed E-state index contributed by atoms with van der Waals surface area (Å²) < 4.78 is 13.3. The van der Waals surface area contributed by atoms with E-state index in [1.807, 2.05) is 51.1 Å². The Kier molecular flexibility index (Phi) is 10.1. The molecular formula is C30H43NO4Si. The molecule has 0 atom stereocenters. The average Bonchev–Trinajstić information content (AvgIpc) is 3.17. The number of hydrogen-bond donors (Lipinski definition) is 0. The minimum atomic E-state index is -2.01. The molecule has 1 aromatic heterocycles. The van der Waals surface area contributed by atoms with E-state index < -0.39 is 25.8 Å². The van der Waals surface area contributed by atoms with Crippen LogP contribution in [0.5, 0.6) is 0 Å².